The van der Waals surface area contributed by atoms with Gasteiger partial charge in [0.15, 0.2) is 4.32 Å². The van der Waals surface area contributed by atoms with E-state index in [4.69, 9.17) is 16.6 Å². The molecule has 1 fully saturated rings. The summed E-state index contributed by atoms with van der Waals surface area (Å²) in [5.74, 6) is 1.25. The van der Waals surface area contributed by atoms with E-state index in [2.05, 4.69) is 22.9 Å². The number of anilines is 1. The molecule has 0 N–H and O–H groups in total. The highest BCUT2D eigenvalue weighted by atomic mass is 79.9. The third-order valence-electron chi connectivity index (χ3n) is 4.43. The molecule has 3 aromatic rings. The third kappa shape index (κ3) is 3.85. The Bertz CT molecular complexity index is 1070. The molecular formula is C22H16BrNO2S2. The van der Waals surface area contributed by atoms with Crippen molar-refractivity contribution >= 4 is 61.9 Å². The van der Waals surface area contributed by atoms with Gasteiger partial charge >= 0.3 is 0 Å². The number of thiocarbonyl (C=S) groups is 1. The van der Waals surface area contributed by atoms with E-state index < -0.39 is 0 Å². The number of rotatable bonds is 4. The summed E-state index contributed by atoms with van der Waals surface area (Å²) >= 11 is 10.2. The number of carbonyl (C=O) groups is 1. The SMILES string of the molecule is CCc1ccc(N2C(=O)/C(=C\c3ccc(-c4ccc(Br)cc4)o3)SC2=S)cc1. The Hall–Kier alpha value is -2.15. The molecule has 28 heavy (non-hydrogen) atoms. The lowest BCUT2D eigenvalue weighted by Gasteiger charge is -2.14. The van der Waals surface area contributed by atoms with E-state index >= 15 is 0 Å². The second kappa shape index (κ2) is 8.07. The molecular weight excluding hydrogens is 454 g/mol. The molecule has 4 rings (SSSR count). The van der Waals surface area contributed by atoms with Gasteiger partial charge in [-0.15, -0.1) is 0 Å². The van der Waals surface area contributed by atoms with Crippen molar-refractivity contribution in [2.45, 2.75) is 13.3 Å². The Kier molecular flexibility index (Phi) is 5.53. The normalized spacial score (nSPS) is 15.6. The summed E-state index contributed by atoms with van der Waals surface area (Å²) in [5.41, 5.74) is 2.99. The van der Waals surface area contributed by atoms with Crippen LogP contribution >= 0.6 is 39.9 Å². The van der Waals surface area contributed by atoms with Crippen LogP contribution < -0.4 is 4.90 Å². The smallest absolute Gasteiger partial charge is 0.270 e. The van der Waals surface area contributed by atoms with Gasteiger partial charge in [-0.25, -0.2) is 0 Å². The number of amides is 1. The summed E-state index contributed by atoms with van der Waals surface area (Å²) in [6, 6.07) is 19.6. The Labute approximate surface area is 181 Å². The van der Waals surface area contributed by atoms with Gasteiger partial charge in [-0.05, 0) is 48.4 Å². The van der Waals surface area contributed by atoms with Crippen molar-refractivity contribution in [1.82, 2.24) is 0 Å². The number of hydrogen-bond donors (Lipinski definition) is 0. The molecule has 0 aliphatic carbocycles. The Morgan fingerprint density at radius 2 is 1.79 bits per heavy atom. The maximum absolute atomic E-state index is 12.9. The molecule has 6 heteroatoms. The van der Waals surface area contributed by atoms with E-state index in [9.17, 15) is 4.79 Å². The molecule has 0 radical (unpaired) electrons. The van der Waals surface area contributed by atoms with Crippen LogP contribution in [0.1, 0.15) is 18.2 Å². The molecule has 0 spiro atoms. The van der Waals surface area contributed by atoms with Gasteiger partial charge in [0.05, 0.1) is 10.6 Å². The van der Waals surface area contributed by atoms with Gasteiger partial charge in [0.2, 0.25) is 0 Å². The predicted molar refractivity (Wildman–Crippen MR) is 123 cm³/mol. The second-order valence-corrected chi connectivity index (χ2v) is 8.84. The van der Waals surface area contributed by atoms with Crippen molar-refractivity contribution in [3.8, 4) is 11.3 Å². The molecule has 0 unspecified atom stereocenters. The van der Waals surface area contributed by atoms with Gasteiger partial charge in [0.1, 0.15) is 11.5 Å². The zero-order chi connectivity index (χ0) is 19.7. The number of carbonyl (C=O) groups excluding carboxylic acids is 1. The molecule has 0 saturated carbocycles. The van der Waals surface area contributed by atoms with Gasteiger partial charge in [0, 0.05) is 16.1 Å². The zero-order valence-electron chi connectivity index (χ0n) is 15.0. The Balaban J connectivity index is 1.58. The van der Waals surface area contributed by atoms with Crippen molar-refractivity contribution in [3.05, 3.63) is 81.4 Å². The largest absolute Gasteiger partial charge is 0.457 e. The molecule has 1 aromatic heterocycles. The molecule has 2 aromatic carbocycles. The van der Waals surface area contributed by atoms with Crippen molar-refractivity contribution in [1.29, 1.82) is 0 Å². The average molecular weight is 470 g/mol. The monoisotopic (exact) mass is 469 g/mol. The van der Waals surface area contributed by atoms with Crippen LogP contribution in [0, 0.1) is 0 Å². The van der Waals surface area contributed by atoms with Gasteiger partial charge in [0.25, 0.3) is 5.91 Å². The van der Waals surface area contributed by atoms with E-state index in [0.717, 1.165) is 27.9 Å². The average Bonchev–Trinajstić information content (AvgIpc) is 3.27. The first-order chi connectivity index (χ1) is 13.5. The quantitative estimate of drug-likeness (QED) is 0.315. The van der Waals surface area contributed by atoms with E-state index in [0.29, 0.717) is 15.0 Å². The minimum absolute atomic E-state index is 0.124. The fraction of sp³-hybridized carbons (Fsp3) is 0.0909. The number of hydrogen-bond acceptors (Lipinski definition) is 4. The molecule has 1 saturated heterocycles. The fourth-order valence-corrected chi connectivity index (χ4v) is 4.44. The van der Waals surface area contributed by atoms with Gasteiger partial charge < -0.3 is 4.42 Å². The molecule has 140 valence electrons. The first-order valence-electron chi connectivity index (χ1n) is 8.78. The fourth-order valence-electron chi connectivity index (χ4n) is 2.90. The van der Waals surface area contributed by atoms with Gasteiger partial charge in [-0.3, -0.25) is 9.69 Å². The minimum Gasteiger partial charge on any atom is -0.457 e. The summed E-state index contributed by atoms with van der Waals surface area (Å²) in [4.78, 5) is 15.0. The number of nitrogens with zero attached hydrogens (tertiary/aromatic N) is 1. The van der Waals surface area contributed by atoms with Crippen molar-refractivity contribution < 1.29 is 9.21 Å². The lowest BCUT2D eigenvalue weighted by atomic mass is 10.1. The number of benzene rings is 2. The van der Waals surface area contributed by atoms with Crippen LogP contribution in [0.2, 0.25) is 0 Å². The second-order valence-electron chi connectivity index (χ2n) is 6.25. The van der Waals surface area contributed by atoms with Crippen LogP contribution in [0.3, 0.4) is 0 Å². The van der Waals surface area contributed by atoms with Crippen LogP contribution in [0.25, 0.3) is 17.4 Å². The van der Waals surface area contributed by atoms with E-state index in [-0.39, 0.29) is 5.91 Å². The standard InChI is InChI=1S/C22H16BrNO2S2/c1-2-14-3-9-17(10-4-14)24-21(25)20(28-22(24)27)13-18-11-12-19(26-18)15-5-7-16(23)8-6-15/h3-13H,2H2,1H3/b20-13+. The van der Waals surface area contributed by atoms with Gasteiger partial charge in [-0.2, -0.15) is 0 Å². The maximum atomic E-state index is 12.9. The molecule has 1 aliphatic heterocycles. The lowest BCUT2D eigenvalue weighted by molar-refractivity contribution is -0.113. The Morgan fingerprint density at radius 1 is 1.07 bits per heavy atom. The number of aryl methyl sites for hydroxylation is 1. The molecule has 0 bridgehead atoms. The molecule has 1 amide bonds. The highest BCUT2D eigenvalue weighted by molar-refractivity contribution is 9.10. The molecule has 0 atom stereocenters. The topological polar surface area (TPSA) is 33.5 Å². The predicted octanol–water partition coefficient (Wildman–Crippen LogP) is 6.68. The summed E-state index contributed by atoms with van der Waals surface area (Å²) in [6.07, 6.45) is 2.71. The molecule has 1 aliphatic rings. The lowest BCUT2D eigenvalue weighted by Crippen LogP contribution is -2.27. The highest BCUT2D eigenvalue weighted by Gasteiger charge is 2.33. The van der Waals surface area contributed by atoms with E-state index in [1.807, 2.05) is 60.7 Å². The number of thioether (sulfide) groups is 1. The minimum atomic E-state index is -0.124. The summed E-state index contributed by atoms with van der Waals surface area (Å²) in [5, 5.41) is 0. The van der Waals surface area contributed by atoms with Crippen LogP contribution in [0.4, 0.5) is 5.69 Å². The molecule has 3 nitrogen and oxygen atoms in total. The summed E-state index contributed by atoms with van der Waals surface area (Å²) < 4.78 is 7.45. The zero-order valence-corrected chi connectivity index (χ0v) is 18.2. The van der Waals surface area contributed by atoms with Crippen molar-refractivity contribution in [2.24, 2.45) is 0 Å². The van der Waals surface area contributed by atoms with E-state index in [1.54, 1.807) is 11.0 Å². The summed E-state index contributed by atoms with van der Waals surface area (Å²) in [7, 11) is 0. The van der Waals surface area contributed by atoms with Crippen LogP contribution in [0.15, 0.2) is 74.5 Å². The first-order valence-corrected chi connectivity index (χ1v) is 10.8. The third-order valence-corrected chi connectivity index (χ3v) is 6.26. The van der Waals surface area contributed by atoms with Crippen LogP contribution in [-0.4, -0.2) is 10.2 Å². The number of furan rings is 1. The van der Waals surface area contributed by atoms with Gasteiger partial charge in [-0.1, -0.05) is 71.1 Å². The first kappa shape index (κ1) is 19.2. The molecule has 2 heterocycles. The van der Waals surface area contributed by atoms with Crippen molar-refractivity contribution in [3.63, 3.8) is 0 Å². The van der Waals surface area contributed by atoms with Crippen LogP contribution in [-0.2, 0) is 11.2 Å². The summed E-state index contributed by atoms with van der Waals surface area (Å²) in [6.45, 7) is 2.10. The number of halogens is 1. The Morgan fingerprint density at radius 3 is 2.46 bits per heavy atom. The van der Waals surface area contributed by atoms with Crippen LogP contribution in [0.5, 0.6) is 0 Å². The van der Waals surface area contributed by atoms with E-state index in [1.165, 1.54) is 17.3 Å². The van der Waals surface area contributed by atoms with Crippen molar-refractivity contribution in [2.75, 3.05) is 4.90 Å². The maximum Gasteiger partial charge on any atom is 0.270 e. The highest BCUT2D eigenvalue weighted by Crippen LogP contribution is 2.36.